The Hall–Kier alpha value is -3.35. The maximum Gasteiger partial charge on any atom is 0.397 e. The molecule has 1 fully saturated rings. The second kappa shape index (κ2) is 10.7. The van der Waals surface area contributed by atoms with Crippen molar-refractivity contribution in [3.63, 3.8) is 0 Å². The molecule has 3 rings (SSSR count). The number of alkyl halides is 4. The van der Waals surface area contributed by atoms with Gasteiger partial charge in [0.15, 0.2) is 11.0 Å². The molecule has 1 aliphatic rings. The number of benzene rings is 1. The van der Waals surface area contributed by atoms with Gasteiger partial charge >= 0.3 is 6.18 Å². The van der Waals surface area contributed by atoms with Gasteiger partial charge in [-0.1, -0.05) is 0 Å². The molecule has 0 saturated carbocycles. The molecular formula is C21H23F4N7OS. The van der Waals surface area contributed by atoms with Gasteiger partial charge in [-0.2, -0.15) is 13.2 Å². The van der Waals surface area contributed by atoms with E-state index < -0.39 is 24.7 Å². The highest BCUT2D eigenvalue weighted by Gasteiger charge is 2.31. The molecule has 2 aromatic rings. The second-order valence-electron chi connectivity index (χ2n) is 7.59. The molecule has 1 amide bonds. The van der Waals surface area contributed by atoms with E-state index in [2.05, 4.69) is 20.3 Å². The lowest BCUT2D eigenvalue weighted by Crippen LogP contribution is -2.21. The molecule has 1 aliphatic heterocycles. The number of amidine groups is 1. The zero-order chi connectivity index (χ0) is 24.9. The van der Waals surface area contributed by atoms with Gasteiger partial charge in [-0.15, -0.1) is 0 Å². The van der Waals surface area contributed by atoms with Crippen LogP contribution in [0.25, 0.3) is 0 Å². The molecular weight excluding hydrogens is 474 g/mol. The Balaban J connectivity index is 1.80. The smallest absolute Gasteiger partial charge is 0.397 e. The first-order chi connectivity index (χ1) is 16.0. The van der Waals surface area contributed by atoms with E-state index in [0.29, 0.717) is 34.5 Å². The van der Waals surface area contributed by atoms with Crippen LogP contribution in [0.5, 0.6) is 0 Å². The van der Waals surface area contributed by atoms with E-state index in [0.717, 1.165) is 0 Å². The molecule has 1 aromatic heterocycles. The largest absolute Gasteiger partial charge is 0.402 e. The normalized spacial score (nSPS) is 17.2. The van der Waals surface area contributed by atoms with Crippen molar-refractivity contribution in [3.05, 3.63) is 42.1 Å². The van der Waals surface area contributed by atoms with Crippen LogP contribution < -0.4 is 21.7 Å². The summed E-state index contributed by atoms with van der Waals surface area (Å²) >= 11 is 1.17. The zero-order valence-electron chi connectivity index (χ0n) is 18.1. The van der Waals surface area contributed by atoms with E-state index >= 15 is 0 Å². The Bertz CT molecular complexity index is 1090. The van der Waals surface area contributed by atoms with Crippen molar-refractivity contribution in [2.24, 2.45) is 16.5 Å². The van der Waals surface area contributed by atoms with Crippen LogP contribution in [-0.4, -0.2) is 47.1 Å². The average molecular weight is 498 g/mol. The standard InChI is InChI=1S/C21H23F4N7OS/c1-12(26)8-16(27)29-17-9-18(32-7-6-13(22)11-32)31-20(30-17)34-15-4-2-14(3-5-15)28-19(33)10-21(23,24)25/h2-5,8-9,13H,6-7,10-11,26H2,1H3,(H,28,33)(H2,27,29,30,31)/b12-8-. The highest BCUT2D eigenvalue weighted by Crippen LogP contribution is 2.31. The molecule has 0 radical (unpaired) electrons. The van der Waals surface area contributed by atoms with Gasteiger partial charge in [0, 0.05) is 28.9 Å². The Kier molecular flexibility index (Phi) is 7.97. The summed E-state index contributed by atoms with van der Waals surface area (Å²) in [5.41, 5.74) is 12.2. The number of carbonyl (C=O) groups is 1. The maximum absolute atomic E-state index is 13.7. The van der Waals surface area contributed by atoms with E-state index in [1.807, 2.05) is 0 Å². The molecule has 5 N–H and O–H groups in total. The summed E-state index contributed by atoms with van der Waals surface area (Å²) < 4.78 is 50.7. The minimum Gasteiger partial charge on any atom is -0.402 e. The van der Waals surface area contributed by atoms with Gasteiger partial charge in [-0.3, -0.25) is 4.79 Å². The highest BCUT2D eigenvalue weighted by atomic mass is 32.2. The van der Waals surface area contributed by atoms with Crippen molar-refractivity contribution < 1.29 is 22.4 Å². The molecule has 8 nitrogen and oxygen atoms in total. The number of carbonyl (C=O) groups excluding carboxylic acids is 1. The van der Waals surface area contributed by atoms with Gasteiger partial charge in [0.1, 0.15) is 24.2 Å². The summed E-state index contributed by atoms with van der Waals surface area (Å²) in [4.78, 5) is 27.0. The van der Waals surface area contributed by atoms with Gasteiger partial charge in [-0.25, -0.2) is 19.4 Å². The third-order valence-electron chi connectivity index (χ3n) is 4.46. The average Bonchev–Trinajstić information content (AvgIpc) is 3.13. The number of halogens is 4. The van der Waals surface area contributed by atoms with E-state index in [1.165, 1.54) is 30.0 Å². The Labute approximate surface area is 197 Å². The zero-order valence-corrected chi connectivity index (χ0v) is 19.0. The van der Waals surface area contributed by atoms with Crippen molar-refractivity contribution in [1.82, 2.24) is 9.97 Å². The van der Waals surface area contributed by atoms with Crippen molar-refractivity contribution >= 4 is 40.8 Å². The van der Waals surface area contributed by atoms with Crippen LogP contribution in [0.15, 0.2) is 57.1 Å². The van der Waals surface area contributed by atoms with Gasteiger partial charge in [0.2, 0.25) is 5.91 Å². The van der Waals surface area contributed by atoms with Crippen LogP contribution in [0.4, 0.5) is 34.9 Å². The van der Waals surface area contributed by atoms with E-state index in [4.69, 9.17) is 11.5 Å². The van der Waals surface area contributed by atoms with Crippen molar-refractivity contribution in [3.8, 4) is 0 Å². The number of nitrogens with one attached hydrogen (secondary N) is 1. The fraction of sp³-hybridized carbons (Fsp3) is 0.333. The number of allylic oxidation sites excluding steroid dienone is 1. The third-order valence-corrected chi connectivity index (χ3v) is 5.33. The van der Waals surface area contributed by atoms with Gasteiger partial charge < -0.3 is 21.7 Å². The number of anilines is 2. The number of amides is 1. The first-order valence-electron chi connectivity index (χ1n) is 10.2. The van der Waals surface area contributed by atoms with Crippen LogP contribution in [0.1, 0.15) is 19.8 Å². The number of hydrogen-bond acceptors (Lipinski definition) is 7. The predicted molar refractivity (Wildman–Crippen MR) is 123 cm³/mol. The molecule has 0 spiro atoms. The Morgan fingerprint density at radius 2 is 2.00 bits per heavy atom. The summed E-state index contributed by atoms with van der Waals surface area (Å²) in [5, 5.41) is 2.51. The maximum atomic E-state index is 13.7. The summed E-state index contributed by atoms with van der Waals surface area (Å²) in [6.45, 7) is 2.36. The summed E-state index contributed by atoms with van der Waals surface area (Å²) in [6, 6.07) is 7.76. The van der Waals surface area contributed by atoms with Crippen LogP contribution >= 0.6 is 11.8 Å². The molecule has 34 heavy (non-hydrogen) atoms. The van der Waals surface area contributed by atoms with E-state index in [1.54, 1.807) is 30.0 Å². The number of hydrogen-bond donors (Lipinski definition) is 3. The fourth-order valence-corrected chi connectivity index (χ4v) is 3.85. The first-order valence-corrected chi connectivity index (χ1v) is 11.0. The SMILES string of the molecule is C/C(N)=C/C(N)=N/c1cc(N2CCC(F)C2)nc(Sc2ccc(NC(=O)CC(F)(F)F)cc2)n1. The Morgan fingerprint density at radius 1 is 1.29 bits per heavy atom. The topological polar surface area (TPSA) is 123 Å². The summed E-state index contributed by atoms with van der Waals surface area (Å²) in [5.74, 6) is -0.249. The van der Waals surface area contributed by atoms with Crippen LogP contribution in [0.2, 0.25) is 0 Å². The van der Waals surface area contributed by atoms with Gasteiger partial charge in [0.05, 0.1) is 6.54 Å². The number of rotatable bonds is 7. The number of aromatic nitrogens is 2. The molecule has 1 aromatic carbocycles. The third kappa shape index (κ3) is 7.90. The summed E-state index contributed by atoms with van der Waals surface area (Å²) in [7, 11) is 0. The van der Waals surface area contributed by atoms with Gasteiger partial charge in [0.25, 0.3) is 0 Å². The molecule has 1 unspecified atom stereocenters. The van der Waals surface area contributed by atoms with Crippen LogP contribution in [-0.2, 0) is 4.79 Å². The highest BCUT2D eigenvalue weighted by molar-refractivity contribution is 7.99. The fourth-order valence-electron chi connectivity index (χ4n) is 3.09. The lowest BCUT2D eigenvalue weighted by molar-refractivity contribution is -0.150. The van der Waals surface area contributed by atoms with Crippen molar-refractivity contribution in [2.75, 3.05) is 23.3 Å². The monoisotopic (exact) mass is 497 g/mol. The van der Waals surface area contributed by atoms with Crippen molar-refractivity contribution in [2.45, 2.75) is 42.2 Å². The lowest BCUT2D eigenvalue weighted by atomic mass is 10.3. The van der Waals surface area contributed by atoms with E-state index in [-0.39, 0.29) is 23.9 Å². The minimum atomic E-state index is -4.58. The number of aliphatic imine (C=N–C) groups is 1. The minimum absolute atomic E-state index is 0.143. The Morgan fingerprint density at radius 3 is 2.59 bits per heavy atom. The lowest BCUT2D eigenvalue weighted by Gasteiger charge is -2.17. The number of nitrogens with two attached hydrogens (primary N) is 2. The predicted octanol–water partition coefficient (Wildman–Crippen LogP) is 3.92. The van der Waals surface area contributed by atoms with E-state index in [9.17, 15) is 22.4 Å². The quantitative estimate of drug-likeness (QED) is 0.229. The van der Waals surface area contributed by atoms with Crippen LogP contribution in [0, 0.1) is 0 Å². The molecule has 2 heterocycles. The van der Waals surface area contributed by atoms with Crippen LogP contribution in [0.3, 0.4) is 0 Å². The summed E-state index contributed by atoms with van der Waals surface area (Å²) in [6.07, 6.45) is -5.23. The van der Waals surface area contributed by atoms with Gasteiger partial charge in [-0.05, 0) is 55.4 Å². The molecule has 1 atom stereocenters. The number of nitrogens with zero attached hydrogens (tertiary/aromatic N) is 4. The molecule has 0 aliphatic carbocycles. The molecule has 1 saturated heterocycles. The second-order valence-corrected chi connectivity index (χ2v) is 8.63. The van der Waals surface area contributed by atoms with Crippen molar-refractivity contribution in [1.29, 1.82) is 0 Å². The molecule has 0 bridgehead atoms. The molecule has 13 heteroatoms. The first kappa shape index (κ1) is 25.3. The molecule has 182 valence electrons.